The Bertz CT molecular complexity index is 601. The number of nitrogens with two attached hydrogens (primary N) is 1. The Kier molecular flexibility index (Phi) is 4.61. The van der Waals surface area contributed by atoms with E-state index in [0.29, 0.717) is 15.9 Å². The summed E-state index contributed by atoms with van der Waals surface area (Å²) in [6.45, 7) is 1.97. The fraction of sp³-hybridized carbons (Fsp3) is 0.200. The minimum absolute atomic E-state index is 0.185. The topological polar surface area (TPSA) is 26.0 Å². The molecule has 0 heterocycles. The van der Waals surface area contributed by atoms with E-state index in [-0.39, 0.29) is 11.9 Å². The lowest BCUT2D eigenvalue weighted by Gasteiger charge is -2.16. The average molecular weight is 343 g/mol. The Morgan fingerprint density at radius 1 is 1.32 bits per heavy atom. The molecule has 0 aliphatic rings. The van der Waals surface area contributed by atoms with Gasteiger partial charge in [-0.2, -0.15) is 0 Å². The summed E-state index contributed by atoms with van der Waals surface area (Å²) in [6.07, 6.45) is 0.570. The van der Waals surface area contributed by atoms with Crippen LogP contribution in [-0.4, -0.2) is 0 Å². The fourth-order valence-electron chi connectivity index (χ4n) is 2.11. The van der Waals surface area contributed by atoms with E-state index in [4.69, 9.17) is 17.3 Å². The first kappa shape index (κ1) is 14.5. The molecule has 0 radical (unpaired) electrons. The van der Waals surface area contributed by atoms with Gasteiger partial charge in [-0.15, -0.1) is 0 Å². The molecule has 0 saturated carbocycles. The van der Waals surface area contributed by atoms with Crippen molar-refractivity contribution in [1.82, 2.24) is 0 Å². The summed E-state index contributed by atoms with van der Waals surface area (Å²) < 4.78 is 13.9. The monoisotopic (exact) mass is 341 g/mol. The molecule has 0 aromatic heterocycles. The maximum Gasteiger partial charge on any atom is 0.137 e. The smallest absolute Gasteiger partial charge is 0.137 e. The van der Waals surface area contributed by atoms with E-state index >= 15 is 0 Å². The molecule has 0 fully saturated rings. The Hall–Kier alpha value is -0.900. The SMILES string of the molecule is Cc1cc(Cl)ccc1C(N)Cc1cccc(F)c1Br. The first-order chi connectivity index (χ1) is 8.99. The second-order valence-electron chi connectivity index (χ2n) is 4.52. The molecular weight excluding hydrogens is 329 g/mol. The predicted molar refractivity (Wildman–Crippen MR) is 80.9 cm³/mol. The molecular formula is C15H14BrClFN. The van der Waals surface area contributed by atoms with E-state index in [2.05, 4.69) is 15.9 Å². The number of rotatable bonds is 3. The van der Waals surface area contributed by atoms with Crippen molar-refractivity contribution >= 4 is 27.5 Å². The maximum absolute atomic E-state index is 13.5. The van der Waals surface area contributed by atoms with Gasteiger partial charge in [0.2, 0.25) is 0 Å². The molecule has 4 heteroatoms. The normalized spacial score (nSPS) is 12.5. The molecule has 2 rings (SSSR count). The molecule has 1 unspecified atom stereocenters. The molecule has 2 N–H and O–H groups in total. The lowest BCUT2D eigenvalue weighted by atomic mass is 9.96. The van der Waals surface area contributed by atoms with Crippen molar-refractivity contribution in [2.45, 2.75) is 19.4 Å². The second kappa shape index (κ2) is 6.04. The number of hydrogen-bond acceptors (Lipinski definition) is 1. The molecule has 0 bridgehead atoms. The molecule has 2 aromatic carbocycles. The van der Waals surface area contributed by atoms with Crippen LogP contribution in [0.2, 0.25) is 5.02 Å². The van der Waals surface area contributed by atoms with Crippen LogP contribution in [0.1, 0.15) is 22.7 Å². The summed E-state index contributed by atoms with van der Waals surface area (Å²) in [7, 11) is 0. The van der Waals surface area contributed by atoms with E-state index < -0.39 is 0 Å². The summed E-state index contributed by atoms with van der Waals surface area (Å²) in [5, 5.41) is 0.695. The number of hydrogen-bond donors (Lipinski definition) is 1. The Balaban J connectivity index is 2.25. The average Bonchev–Trinajstić information content (AvgIpc) is 2.34. The van der Waals surface area contributed by atoms with Crippen LogP contribution < -0.4 is 5.73 Å². The van der Waals surface area contributed by atoms with Crippen LogP contribution in [0.5, 0.6) is 0 Å². The van der Waals surface area contributed by atoms with Crippen LogP contribution in [0.4, 0.5) is 4.39 Å². The van der Waals surface area contributed by atoms with E-state index in [1.54, 1.807) is 6.07 Å². The van der Waals surface area contributed by atoms with Crippen molar-refractivity contribution < 1.29 is 4.39 Å². The molecule has 0 aliphatic carbocycles. The van der Waals surface area contributed by atoms with Crippen LogP contribution in [0.3, 0.4) is 0 Å². The second-order valence-corrected chi connectivity index (χ2v) is 5.75. The summed E-state index contributed by atoms with van der Waals surface area (Å²) in [5.41, 5.74) is 9.15. The first-order valence-corrected chi connectivity index (χ1v) is 7.10. The van der Waals surface area contributed by atoms with E-state index in [1.807, 2.05) is 31.2 Å². The summed E-state index contributed by atoms with van der Waals surface area (Å²) in [4.78, 5) is 0. The van der Waals surface area contributed by atoms with Gasteiger partial charge in [0, 0.05) is 11.1 Å². The molecule has 2 aromatic rings. The van der Waals surface area contributed by atoms with Crippen molar-refractivity contribution in [2.75, 3.05) is 0 Å². The van der Waals surface area contributed by atoms with E-state index in [1.165, 1.54) is 6.07 Å². The van der Waals surface area contributed by atoms with Gasteiger partial charge in [0.1, 0.15) is 5.82 Å². The van der Waals surface area contributed by atoms with Crippen molar-refractivity contribution in [3.05, 3.63) is 68.4 Å². The van der Waals surface area contributed by atoms with Gasteiger partial charge < -0.3 is 5.73 Å². The number of benzene rings is 2. The summed E-state index contributed by atoms with van der Waals surface area (Å²) in [5.74, 6) is -0.266. The van der Waals surface area contributed by atoms with Crippen molar-refractivity contribution in [3.8, 4) is 0 Å². The lowest BCUT2D eigenvalue weighted by Crippen LogP contribution is -2.15. The standard InChI is InChI=1S/C15H14BrClFN/c1-9-7-11(17)5-6-12(9)14(19)8-10-3-2-4-13(18)15(10)16/h2-7,14H,8,19H2,1H3. The molecule has 0 aliphatic heterocycles. The Morgan fingerprint density at radius 3 is 2.74 bits per heavy atom. The fourth-order valence-corrected chi connectivity index (χ4v) is 2.76. The zero-order valence-electron chi connectivity index (χ0n) is 10.5. The van der Waals surface area contributed by atoms with Gasteiger partial charge in [0.05, 0.1) is 4.47 Å². The van der Waals surface area contributed by atoms with E-state index in [9.17, 15) is 4.39 Å². The third-order valence-electron chi connectivity index (χ3n) is 3.10. The van der Waals surface area contributed by atoms with Crippen LogP contribution in [0, 0.1) is 12.7 Å². The minimum Gasteiger partial charge on any atom is -0.324 e. The summed E-state index contributed by atoms with van der Waals surface area (Å²) >= 11 is 9.19. The number of halogens is 3. The number of aryl methyl sites for hydroxylation is 1. The highest BCUT2D eigenvalue weighted by atomic mass is 79.9. The molecule has 1 atom stereocenters. The van der Waals surface area contributed by atoms with Gasteiger partial charge in [-0.1, -0.05) is 29.8 Å². The highest BCUT2D eigenvalue weighted by Gasteiger charge is 2.13. The Morgan fingerprint density at radius 2 is 2.05 bits per heavy atom. The van der Waals surface area contributed by atoms with Gasteiger partial charge >= 0.3 is 0 Å². The van der Waals surface area contributed by atoms with Crippen LogP contribution >= 0.6 is 27.5 Å². The third kappa shape index (κ3) is 3.35. The van der Waals surface area contributed by atoms with E-state index in [0.717, 1.165) is 16.7 Å². The van der Waals surface area contributed by atoms with Gasteiger partial charge in [-0.05, 0) is 64.2 Å². The predicted octanol–water partition coefficient (Wildman–Crippen LogP) is 4.79. The van der Waals surface area contributed by atoms with Gasteiger partial charge in [-0.25, -0.2) is 4.39 Å². The molecule has 0 saturated heterocycles. The van der Waals surface area contributed by atoms with Crippen LogP contribution in [0.15, 0.2) is 40.9 Å². The van der Waals surface area contributed by atoms with Gasteiger partial charge in [-0.3, -0.25) is 0 Å². The zero-order valence-corrected chi connectivity index (χ0v) is 12.8. The van der Waals surface area contributed by atoms with Gasteiger partial charge in [0.25, 0.3) is 0 Å². The zero-order chi connectivity index (χ0) is 14.0. The molecule has 1 nitrogen and oxygen atoms in total. The van der Waals surface area contributed by atoms with Crippen LogP contribution in [-0.2, 0) is 6.42 Å². The Labute approximate surface area is 125 Å². The lowest BCUT2D eigenvalue weighted by molar-refractivity contribution is 0.614. The highest BCUT2D eigenvalue weighted by Crippen LogP contribution is 2.27. The van der Waals surface area contributed by atoms with Gasteiger partial charge in [0.15, 0.2) is 0 Å². The minimum atomic E-state index is -0.266. The molecule has 100 valence electrons. The summed E-state index contributed by atoms with van der Waals surface area (Å²) in [6, 6.07) is 10.4. The molecule has 0 amide bonds. The maximum atomic E-state index is 13.5. The van der Waals surface area contributed by atoms with Crippen molar-refractivity contribution in [1.29, 1.82) is 0 Å². The van der Waals surface area contributed by atoms with Crippen molar-refractivity contribution in [2.24, 2.45) is 5.73 Å². The van der Waals surface area contributed by atoms with Crippen LogP contribution in [0.25, 0.3) is 0 Å². The molecule has 0 spiro atoms. The highest BCUT2D eigenvalue weighted by molar-refractivity contribution is 9.10. The first-order valence-electron chi connectivity index (χ1n) is 5.93. The molecule has 19 heavy (non-hydrogen) atoms. The third-order valence-corrected chi connectivity index (χ3v) is 4.23. The quantitative estimate of drug-likeness (QED) is 0.852. The van der Waals surface area contributed by atoms with Crippen molar-refractivity contribution in [3.63, 3.8) is 0 Å². The largest absolute Gasteiger partial charge is 0.324 e.